The Morgan fingerprint density at radius 3 is 2.42 bits per heavy atom. The van der Waals surface area contributed by atoms with E-state index in [9.17, 15) is 15.0 Å². The molecular formula is C13H24O6. The average molecular weight is 276 g/mol. The summed E-state index contributed by atoms with van der Waals surface area (Å²) < 4.78 is 16.1. The lowest BCUT2D eigenvalue weighted by atomic mass is 10.1. The Balaban J connectivity index is 2.58. The number of hydrogen-bond acceptors (Lipinski definition) is 6. The van der Waals surface area contributed by atoms with Crippen LogP contribution in [0.4, 0.5) is 0 Å². The fraction of sp³-hybridized carbons (Fsp3) is 0.923. The molecule has 1 rings (SSSR count). The lowest BCUT2D eigenvalue weighted by molar-refractivity contribution is -0.167. The van der Waals surface area contributed by atoms with E-state index in [4.69, 9.17) is 14.2 Å². The minimum absolute atomic E-state index is 0.197. The molecule has 0 radical (unpaired) electrons. The van der Waals surface area contributed by atoms with E-state index >= 15 is 0 Å². The molecular weight excluding hydrogens is 252 g/mol. The Labute approximate surface area is 113 Å². The van der Waals surface area contributed by atoms with Crippen LogP contribution in [0, 0.1) is 0 Å². The van der Waals surface area contributed by atoms with Crippen molar-refractivity contribution in [2.45, 2.75) is 70.7 Å². The smallest absolute Gasteiger partial charge is 0.309 e. The van der Waals surface area contributed by atoms with Crippen molar-refractivity contribution >= 4 is 5.97 Å². The predicted octanol–water partition coefficient (Wildman–Crippen LogP) is 0.591. The van der Waals surface area contributed by atoms with E-state index < -0.39 is 35.7 Å². The Hall–Kier alpha value is -0.690. The van der Waals surface area contributed by atoms with Crippen molar-refractivity contribution in [3.8, 4) is 0 Å². The number of esters is 1. The number of hydrogen-bond donors (Lipinski definition) is 2. The summed E-state index contributed by atoms with van der Waals surface area (Å²) in [6, 6.07) is 0. The van der Waals surface area contributed by atoms with E-state index in [0.29, 0.717) is 0 Å². The van der Waals surface area contributed by atoms with Gasteiger partial charge in [0.15, 0.2) is 5.79 Å². The van der Waals surface area contributed by atoms with Crippen molar-refractivity contribution < 1.29 is 29.2 Å². The van der Waals surface area contributed by atoms with Crippen molar-refractivity contribution in [3.63, 3.8) is 0 Å². The third-order valence-electron chi connectivity index (χ3n) is 2.58. The monoisotopic (exact) mass is 276 g/mol. The Bertz CT molecular complexity index is 320. The average Bonchev–Trinajstić information content (AvgIpc) is 2.50. The summed E-state index contributed by atoms with van der Waals surface area (Å²) in [7, 11) is 0. The maximum atomic E-state index is 11.6. The van der Waals surface area contributed by atoms with E-state index in [1.807, 2.05) is 0 Å². The van der Waals surface area contributed by atoms with Crippen molar-refractivity contribution in [3.05, 3.63) is 0 Å². The number of carbonyl (C=O) groups is 1. The number of rotatable bonds is 4. The first-order chi connectivity index (χ1) is 8.54. The minimum Gasteiger partial charge on any atom is -0.460 e. The van der Waals surface area contributed by atoms with Crippen molar-refractivity contribution in [1.82, 2.24) is 0 Å². The topological polar surface area (TPSA) is 85.2 Å². The molecule has 0 aromatic carbocycles. The molecule has 6 heteroatoms. The zero-order valence-corrected chi connectivity index (χ0v) is 12.2. The van der Waals surface area contributed by atoms with Gasteiger partial charge in [0.1, 0.15) is 17.8 Å². The molecule has 1 heterocycles. The highest BCUT2D eigenvalue weighted by Gasteiger charge is 2.45. The third kappa shape index (κ3) is 5.06. The number of aliphatic hydroxyl groups excluding tert-OH is 2. The van der Waals surface area contributed by atoms with Crippen molar-refractivity contribution in [2.24, 2.45) is 0 Å². The molecule has 0 aliphatic carbocycles. The van der Waals surface area contributed by atoms with Crippen LogP contribution < -0.4 is 0 Å². The fourth-order valence-electron chi connectivity index (χ4n) is 2.00. The van der Waals surface area contributed by atoms with Gasteiger partial charge in [-0.3, -0.25) is 4.79 Å². The first-order valence-corrected chi connectivity index (χ1v) is 6.40. The number of ether oxygens (including phenoxy) is 3. The summed E-state index contributed by atoms with van der Waals surface area (Å²) in [5, 5.41) is 19.2. The van der Waals surface area contributed by atoms with Crippen LogP contribution in [-0.2, 0) is 19.0 Å². The van der Waals surface area contributed by atoms with Gasteiger partial charge in [0.25, 0.3) is 0 Å². The van der Waals surface area contributed by atoms with Crippen LogP contribution in [0.3, 0.4) is 0 Å². The van der Waals surface area contributed by atoms with Crippen molar-refractivity contribution in [2.75, 3.05) is 6.61 Å². The van der Waals surface area contributed by atoms with Crippen LogP contribution in [0.2, 0.25) is 0 Å². The molecule has 0 bridgehead atoms. The third-order valence-corrected chi connectivity index (χ3v) is 2.58. The van der Waals surface area contributed by atoms with Crippen LogP contribution in [0.1, 0.15) is 41.0 Å². The van der Waals surface area contributed by atoms with Crippen molar-refractivity contribution in [1.29, 1.82) is 0 Å². The van der Waals surface area contributed by atoms with Crippen LogP contribution in [0.5, 0.6) is 0 Å². The molecule has 2 N–H and O–H groups in total. The first kappa shape index (κ1) is 16.4. The number of carbonyl (C=O) groups excluding carboxylic acids is 1. The summed E-state index contributed by atoms with van der Waals surface area (Å²) in [6.07, 6.45) is -2.66. The maximum absolute atomic E-state index is 11.6. The van der Waals surface area contributed by atoms with Gasteiger partial charge in [-0.1, -0.05) is 0 Å². The quantitative estimate of drug-likeness (QED) is 0.731. The first-order valence-electron chi connectivity index (χ1n) is 6.40. The molecule has 0 spiro atoms. The van der Waals surface area contributed by atoms with Gasteiger partial charge < -0.3 is 24.4 Å². The van der Waals surface area contributed by atoms with E-state index in [2.05, 4.69) is 0 Å². The van der Waals surface area contributed by atoms with Gasteiger partial charge in [-0.25, -0.2) is 0 Å². The summed E-state index contributed by atoms with van der Waals surface area (Å²) >= 11 is 0. The fourth-order valence-corrected chi connectivity index (χ4v) is 2.00. The zero-order valence-electron chi connectivity index (χ0n) is 12.2. The Morgan fingerprint density at radius 1 is 1.37 bits per heavy atom. The molecule has 1 aliphatic rings. The maximum Gasteiger partial charge on any atom is 0.309 e. The molecule has 0 saturated carbocycles. The van der Waals surface area contributed by atoms with E-state index in [1.165, 1.54) is 0 Å². The van der Waals surface area contributed by atoms with Crippen LogP contribution in [0.25, 0.3) is 0 Å². The predicted molar refractivity (Wildman–Crippen MR) is 67.4 cm³/mol. The van der Waals surface area contributed by atoms with E-state index in [1.54, 1.807) is 34.6 Å². The van der Waals surface area contributed by atoms with E-state index in [-0.39, 0.29) is 13.0 Å². The highest BCUT2D eigenvalue weighted by atomic mass is 16.8. The summed E-state index contributed by atoms with van der Waals surface area (Å²) in [5.41, 5.74) is -0.598. The highest BCUT2D eigenvalue weighted by molar-refractivity contribution is 5.70. The normalized spacial score (nSPS) is 28.2. The van der Waals surface area contributed by atoms with Crippen LogP contribution in [-0.4, -0.2) is 52.5 Å². The summed E-state index contributed by atoms with van der Waals surface area (Å²) in [5.74, 6) is -1.39. The molecule has 0 aromatic rings. The van der Waals surface area contributed by atoms with E-state index in [0.717, 1.165) is 0 Å². The molecule has 3 atom stereocenters. The van der Waals surface area contributed by atoms with Gasteiger partial charge >= 0.3 is 5.97 Å². The molecule has 112 valence electrons. The Kier molecular flexibility index (Phi) is 4.95. The van der Waals surface area contributed by atoms with Gasteiger partial charge in [-0.15, -0.1) is 0 Å². The molecule has 0 amide bonds. The molecule has 1 fully saturated rings. The molecule has 0 aromatic heterocycles. The van der Waals surface area contributed by atoms with Gasteiger partial charge in [0.2, 0.25) is 0 Å². The van der Waals surface area contributed by atoms with Gasteiger partial charge in [0.05, 0.1) is 19.1 Å². The SMILES string of the molecule is CC(C)(C)OC(=O)C[C@@H](O)[C@@H]1OC(C)(C)O[C@@H]1CO. The molecule has 19 heavy (non-hydrogen) atoms. The zero-order chi connectivity index (χ0) is 14.8. The standard InChI is InChI=1S/C13H24O6/c1-12(2,3)18-10(16)6-8(15)11-9(7-14)17-13(4,5)19-11/h8-9,11,14-15H,6-7H2,1-5H3/t8-,9-,11+/m1/s1. The van der Waals surface area contributed by atoms with Crippen LogP contribution in [0.15, 0.2) is 0 Å². The second-order valence-electron chi connectivity index (χ2n) is 6.18. The second-order valence-corrected chi connectivity index (χ2v) is 6.18. The molecule has 1 aliphatic heterocycles. The molecule has 1 saturated heterocycles. The van der Waals surface area contributed by atoms with Gasteiger partial charge in [0, 0.05) is 0 Å². The summed E-state index contributed by atoms with van der Waals surface area (Å²) in [6.45, 7) is 8.37. The van der Waals surface area contributed by atoms with Gasteiger partial charge in [-0.2, -0.15) is 0 Å². The molecule has 6 nitrogen and oxygen atoms in total. The largest absolute Gasteiger partial charge is 0.460 e. The van der Waals surface area contributed by atoms with Gasteiger partial charge in [-0.05, 0) is 34.6 Å². The minimum atomic E-state index is -1.08. The summed E-state index contributed by atoms with van der Waals surface area (Å²) in [4.78, 5) is 11.6. The molecule has 0 unspecified atom stereocenters. The number of aliphatic hydroxyl groups is 2. The lowest BCUT2D eigenvalue weighted by Crippen LogP contribution is -2.39. The highest BCUT2D eigenvalue weighted by Crippen LogP contribution is 2.30. The second kappa shape index (κ2) is 5.75. The Morgan fingerprint density at radius 2 is 1.95 bits per heavy atom. The van der Waals surface area contributed by atoms with Crippen LogP contribution >= 0.6 is 0 Å². The lowest BCUT2D eigenvalue weighted by Gasteiger charge is -2.24.